The van der Waals surface area contributed by atoms with E-state index in [-0.39, 0.29) is 6.10 Å². The van der Waals surface area contributed by atoms with Crippen LogP contribution in [0.4, 0.5) is 0 Å². The lowest BCUT2D eigenvalue weighted by Gasteiger charge is -2.15. The monoisotopic (exact) mass is 208 g/mol. The molecule has 1 aromatic carbocycles. The molecule has 1 amide bonds. The van der Waals surface area contributed by atoms with Crippen molar-refractivity contribution in [3.05, 3.63) is 29.8 Å². The molecule has 0 saturated heterocycles. The minimum atomic E-state index is -0.438. The maximum Gasteiger partial charge on any atom is 0.248 e. The quantitative estimate of drug-likeness (QED) is 0.754. The molecule has 4 nitrogen and oxygen atoms in total. The summed E-state index contributed by atoms with van der Waals surface area (Å²) in [5.41, 5.74) is 11.1. The molecular weight excluding hydrogens is 192 g/mol. The van der Waals surface area contributed by atoms with Crippen LogP contribution in [0.25, 0.3) is 0 Å². The fourth-order valence-corrected chi connectivity index (χ4v) is 1.19. The van der Waals surface area contributed by atoms with Crippen molar-refractivity contribution in [1.82, 2.24) is 0 Å². The molecule has 1 rings (SSSR count). The molecule has 0 aliphatic heterocycles. The van der Waals surface area contributed by atoms with Gasteiger partial charge in [0.1, 0.15) is 11.9 Å². The van der Waals surface area contributed by atoms with Crippen LogP contribution in [0.1, 0.15) is 23.7 Å². The highest BCUT2D eigenvalue weighted by molar-refractivity contribution is 5.92. The number of ether oxygens (including phenoxy) is 1. The smallest absolute Gasteiger partial charge is 0.248 e. The number of rotatable bonds is 5. The fourth-order valence-electron chi connectivity index (χ4n) is 1.19. The second kappa shape index (κ2) is 5.36. The number of nitrogens with two attached hydrogens (primary N) is 2. The number of carbonyl (C=O) groups excluding carboxylic acids is 1. The van der Waals surface area contributed by atoms with Gasteiger partial charge in [0.05, 0.1) is 0 Å². The Morgan fingerprint density at radius 2 is 2.00 bits per heavy atom. The Kier molecular flexibility index (Phi) is 4.12. The first-order valence-electron chi connectivity index (χ1n) is 4.94. The van der Waals surface area contributed by atoms with E-state index < -0.39 is 5.91 Å². The average molecular weight is 208 g/mol. The summed E-state index contributed by atoms with van der Waals surface area (Å²) in [5, 5.41) is 0. The van der Waals surface area contributed by atoms with Gasteiger partial charge < -0.3 is 16.2 Å². The maximum absolute atomic E-state index is 10.8. The van der Waals surface area contributed by atoms with Gasteiger partial charge in [0.15, 0.2) is 0 Å². The molecule has 0 heterocycles. The van der Waals surface area contributed by atoms with Crippen molar-refractivity contribution >= 4 is 5.91 Å². The van der Waals surface area contributed by atoms with Crippen molar-refractivity contribution in [2.24, 2.45) is 11.5 Å². The van der Waals surface area contributed by atoms with E-state index in [1.54, 1.807) is 24.3 Å². The summed E-state index contributed by atoms with van der Waals surface area (Å²) in [6.07, 6.45) is 0.873. The largest absolute Gasteiger partial charge is 0.489 e. The van der Waals surface area contributed by atoms with Crippen LogP contribution in [0.3, 0.4) is 0 Å². The summed E-state index contributed by atoms with van der Waals surface area (Å²) in [7, 11) is 0. The molecule has 4 heteroatoms. The van der Waals surface area contributed by atoms with Crippen LogP contribution < -0.4 is 16.2 Å². The Hall–Kier alpha value is -1.55. The summed E-state index contributed by atoms with van der Waals surface area (Å²) in [5.74, 6) is 0.268. The van der Waals surface area contributed by atoms with E-state index in [0.717, 1.165) is 6.42 Å². The SMILES string of the molecule is CCC(CN)Oc1ccc(C(N)=O)cc1. The number of carbonyl (C=O) groups is 1. The Morgan fingerprint density at radius 1 is 1.40 bits per heavy atom. The van der Waals surface area contributed by atoms with Gasteiger partial charge in [-0.1, -0.05) is 6.92 Å². The minimum Gasteiger partial charge on any atom is -0.489 e. The molecule has 0 aliphatic rings. The number of benzene rings is 1. The predicted octanol–water partition coefficient (Wildman–Crippen LogP) is 0.902. The van der Waals surface area contributed by atoms with E-state index in [0.29, 0.717) is 17.9 Å². The van der Waals surface area contributed by atoms with Gasteiger partial charge in [-0.3, -0.25) is 4.79 Å². The van der Waals surface area contributed by atoms with Crippen LogP contribution >= 0.6 is 0 Å². The van der Waals surface area contributed by atoms with Crippen LogP contribution in [0.5, 0.6) is 5.75 Å². The van der Waals surface area contributed by atoms with Gasteiger partial charge in [0.2, 0.25) is 5.91 Å². The van der Waals surface area contributed by atoms with Crippen LogP contribution in [0, 0.1) is 0 Å². The first-order chi connectivity index (χ1) is 7.17. The predicted molar refractivity (Wildman–Crippen MR) is 58.7 cm³/mol. The van der Waals surface area contributed by atoms with E-state index >= 15 is 0 Å². The lowest BCUT2D eigenvalue weighted by Crippen LogP contribution is -2.25. The minimum absolute atomic E-state index is 0.0180. The van der Waals surface area contributed by atoms with Gasteiger partial charge >= 0.3 is 0 Å². The van der Waals surface area contributed by atoms with E-state index in [9.17, 15) is 4.79 Å². The molecular formula is C11H16N2O2. The second-order valence-corrected chi connectivity index (χ2v) is 3.27. The van der Waals surface area contributed by atoms with Crippen LogP contribution in [-0.2, 0) is 0 Å². The third-order valence-corrected chi connectivity index (χ3v) is 2.16. The summed E-state index contributed by atoms with van der Waals surface area (Å²) in [6.45, 7) is 2.49. The first kappa shape index (κ1) is 11.5. The van der Waals surface area contributed by atoms with Crippen LogP contribution in [0.2, 0.25) is 0 Å². The molecule has 0 bridgehead atoms. The molecule has 1 atom stereocenters. The topological polar surface area (TPSA) is 78.3 Å². The van der Waals surface area contributed by atoms with E-state index in [4.69, 9.17) is 16.2 Å². The zero-order chi connectivity index (χ0) is 11.3. The summed E-state index contributed by atoms with van der Waals surface area (Å²) in [6, 6.07) is 6.72. The fraction of sp³-hybridized carbons (Fsp3) is 0.364. The lowest BCUT2D eigenvalue weighted by atomic mass is 10.2. The van der Waals surface area contributed by atoms with Crippen molar-refractivity contribution in [3.63, 3.8) is 0 Å². The Labute approximate surface area is 89.2 Å². The Bertz CT molecular complexity index is 318. The number of primary amides is 1. The highest BCUT2D eigenvalue weighted by Gasteiger charge is 2.06. The molecule has 0 radical (unpaired) electrons. The van der Waals surface area contributed by atoms with E-state index in [1.165, 1.54) is 0 Å². The number of hydrogen-bond acceptors (Lipinski definition) is 3. The first-order valence-corrected chi connectivity index (χ1v) is 4.94. The van der Waals surface area contributed by atoms with Gasteiger partial charge in [-0.25, -0.2) is 0 Å². The highest BCUT2D eigenvalue weighted by Crippen LogP contribution is 2.14. The molecule has 0 saturated carbocycles. The maximum atomic E-state index is 10.8. The summed E-state index contributed by atoms with van der Waals surface area (Å²) < 4.78 is 5.57. The highest BCUT2D eigenvalue weighted by atomic mass is 16.5. The molecule has 15 heavy (non-hydrogen) atoms. The molecule has 1 aromatic rings. The van der Waals surface area contributed by atoms with Gasteiger partial charge in [0, 0.05) is 12.1 Å². The van der Waals surface area contributed by atoms with E-state index in [1.807, 2.05) is 6.92 Å². The van der Waals surface area contributed by atoms with Gasteiger partial charge in [-0.05, 0) is 30.7 Å². The average Bonchev–Trinajstić information content (AvgIpc) is 2.26. The molecule has 4 N–H and O–H groups in total. The van der Waals surface area contributed by atoms with Gasteiger partial charge in [-0.2, -0.15) is 0 Å². The van der Waals surface area contributed by atoms with Crippen molar-refractivity contribution in [2.75, 3.05) is 6.54 Å². The number of amides is 1. The Morgan fingerprint density at radius 3 is 2.40 bits per heavy atom. The molecule has 1 unspecified atom stereocenters. The summed E-state index contributed by atoms with van der Waals surface area (Å²) >= 11 is 0. The summed E-state index contributed by atoms with van der Waals surface area (Å²) in [4.78, 5) is 10.8. The molecule has 82 valence electrons. The van der Waals surface area contributed by atoms with Crippen molar-refractivity contribution in [3.8, 4) is 5.75 Å². The third-order valence-electron chi connectivity index (χ3n) is 2.16. The van der Waals surface area contributed by atoms with E-state index in [2.05, 4.69) is 0 Å². The van der Waals surface area contributed by atoms with Gasteiger partial charge in [0.25, 0.3) is 0 Å². The van der Waals surface area contributed by atoms with Crippen molar-refractivity contribution in [2.45, 2.75) is 19.4 Å². The third kappa shape index (κ3) is 3.25. The Balaban J connectivity index is 2.67. The zero-order valence-electron chi connectivity index (χ0n) is 8.77. The molecule has 0 fully saturated rings. The molecule has 0 aliphatic carbocycles. The second-order valence-electron chi connectivity index (χ2n) is 3.27. The van der Waals surface area contributed by atoms with Crippen LogP contribution in [0.15, 0.2) is 24.3 Å². The van der Waals surface area contributed by atoms with Gasteiger partial charge in [-0.15, -0.1) is 0 Å². The molecule has 0 spiro atoms. The van der Waals surface area contributed by atoms with Crippen molar-refractivity contribution < 1.29 is 9.53 Å². The zero-order valence-corrected chi connectivity index (χ0v) is 8.77. The normalized spacial score (nSPS) is 12.1. The number of hydrogen-bond donors (Lipinski definition) is 2. The van der Waals surface area contributed by atoms with Crippen molar-refractivity contribution in [1.29, 1.82) is 0 Å². The van der Waals surface area contributed by atoms with Crippen LogP contribution in [-0.4, -0.2) is 18.6 Å². The molecule has 0 aromatic heterocycles. The standard InChI is InChI=1S/C11H16N2O2/c1-2-9(7-12)15-10-5-3-8(4-6-10)11(13)14/h3-6,9H,2,7,12H2,1H3,(H2,13,14). The lowest BCUT2D eigenvalue weighted by molar-refractivity contribution is 0.1000.